The first-order chi connectivity index (χ1) is 19.6. The maximum atomic E-state index is 12.6. The molecule has 5 aromatic rings. The molecule has 0 bridgehead atoms. The smallest absolute Gasteiger partial charge is 0.250 e. The van der Waals surface area contributed by atoms with Crippen molar-refractivity contribution in [3.63, 3.8) is 0 Å². The summed E-state index contributed by atoms with van der Waals surface area (Å²) in [4.78, 5) is 12.6. The van der Waals surface area contributed by atoms with E-state index in [-0.39, 0.29) is 11.7 Å². The van der Waals surface area contributed by atoms with Crippen molar-refractivity contribution in [1.82, 2.24) is 20.2 Å². The molecule has 0 aliphatic heterocycles. The number of aromatic nitrogens is 3. The molecule has 0 saturated carbocycles. The van der Waals surface area contributed by atoms with Gasteiger partial charge >= 0.3 is 0 Å². The van der Waals surface area contributed by atoms with Gasteiger partial charge in [0.15, 0.2) is 11.0 Å². The summed E-state index contributed by atoms with van der Waals surface area (Å²) in [5.74, 6) is 2.58. The molecule has 1 amide bonds. The van der Waals surface area contributed by atoms with E-state index in [1.807, 2.05) is 95.6 Å². The normalized spacial score (nSPS) is 10.9. The van der Waals surface area contributed by atoms with Crippen molar-refractivity contribution in [1.29, 1.82) is 0 Å². The van der Waals surface area contributed by atoms with Gasteiger partial charge in [0.2, 0.25) is 0 Å². The Kier molecular flexibility index (Phi) is 8.75. The molecule has 0 atom stereocenters. The predicted octanol–water partition coefficient (Wildman–Crippen LogP) is 6.63. The fraction of sp³-hybridized carbons (Fsp3) is 0.0667. The molecule has 40 heavy (non-hydrogen) atoms. The molecule has 1 aromatic heterocycles. The van der Waals surface area contributed by atoms with Gasteiger partial charge in [-0.25, -0.2) is 5.43 Å². The van der Waals surface area contributed by atoms with Gasteiger partial charge in [0.05, 0.1) is 19.1 Å². The zero-order chi connectivity index (χ0) is 27.7. The number of amides is 1. The summed E-state index contributed by atoms with van der Waals surface area (Å²) in [6.07, 6.45) is 1.57. The van der Waals surface area contributed by atoms with Gasteiger partial charge in [-0.15, -0.1) is 10.2 Å². The van der Waals surface area contributed by atoms with Crippen LogP contribution in [0.15, 0.2) is 113 Å². The molecule has 0 unspecified atom stereocenters. The minimum atomic E-state index is -0.283. The average molecular weight is 570 g/mol. The number of rotatable bonds is 10. The predicted molar refractivity (Wildman–Crippen MR) is 158 cm³/mol. The number of ether oxygens (including phenoxy) is 2. The van der Waals surface area contributed by atoms with Crippen molar-refractivity contribution in [3.8, 4) is 34.3 Å². The van der Waals surface area contributed by atoms with E-state index in [4.69, 9.17) is 21.1 Å². The van der Waals surface area contributed by atoms with Gasteiger partial charge in [-0.05, 0) is 78.4 Å². The zero-order valence-electron chi connectivity index (χ0n) is 21.4. The van der Waals surface area contributed by atoms with Gasteiger partial charge in [0, 0.05) is 16.3 Å². The molecule has 0 radical (unpaired) electrons. The maximum Gasteiger partial charge on any atom is 0.250 e. The molecule has 0 aliphatic carbocycles. The van der Waals surface area contributed by atoms with Crippen molar-refractivity contribution in [2.24, 2.45) is 5.10 Å². The number of hydrogen-bond acceptors (Lipinski definition) is 7. The number of hydrogen-bond donors (Lipinski definition) is 1. The topological polar surface area (TPSA) is 90.6 Å². The second-order valence-electron chi connectivity index (χ2n) is 8.42. The van der Waals surface area contributed by atoms with E-state index in [2.05, 4.69) is 20.7 Å². The van der Waals surface area contributed by atoms with Crippen LogP contribution in [-0.2, 0) is 4.79 Å². The molecule has 0 aliphatic rings. The van der Waals surface area contributed by atoms with E-state index in [1.165, 1.54) is 11.8 Å². The quantitative estimate of drug-likeness (QED) is 0.115. The molecule has 4 aromatic carbocycles. The summed E-state index contributed by atoms with van der Waals surface area (Å²) in [7, 11) is 1.62. The van der Waals surface area contributed by atoms with Crippen LogP contribution in [0.1, 0.15) is 5.56 Å². The van der Waals surface area contributed by atoms with Crippen LogP contribution in [0.3, 0.4) is 0 Å². The molecular formula is C30H24ClN5O3S. The average Bonchev–Trinajstić information content (AvgIpc) is 3.41. The maximum absolute atomic E-state index is 12.6. The number of benzene rings is 4. The Hall–Kier alpha value is -4.60. The SMILES string of the molecule is COc1ccc(-c2nnc(SCC(=O)N/N=C/c3cccc(Oc4ccccc4)c3)n2-c2ccc(Cl)cc2)cc1. The van der Waals surface area contributed by atoms with Gasteiger partial charge in [-0.3, -0.25) is 9.36 Å². The second-order valence-corrected chi connectivity index (χ2v) is 9.79. The Labute approximate surface area is 240 Å². The van der Waals surface area contributed by atoms with Crippen LogP contribution in [0.4, 0.5) is 0 Å². The van der Waals surface area contributed by atoms with Crippen LogP contribution in [0.25, 0.3) is 17.1 Å². The molecule has 10 heteroatoms. The standard InChI is InChI=1S/C30H24ClN5O3S/c1-38-25-16-10-22(11-17-25)29-34-35-30(36(29)24-14-12-23(31)13-15-24)40-20-28(37)33-32-19-21-6-5-9-27(18-21)39-26-7-3-2-4-8-26/h2-19H,20H2,1H3,(H,33,37)/b32-19+. The fourth-order valence-electron chi connectivity index (χ4n) is 3.74. The highest BCUT2D eigenvalue weighted by Crippen LogP contribution is 2.29. The lowest BCUT2D eigenvalue weighted by Crippen LogP contribution is -2.20. The highest BCUT2D eigenvalue weighted by Gasteiger charge is 2.17. The van der Waals surface area contributed by atoms with Gasteiger partial charge < -0.3 is 9.47 Å². The van der Waals surface area contributed by atoms with E-state index >= 15 is 0 Å². The minimum absolute atomic E-state index is 0.0861. The third kappa shape index (κ3) is 6.88. The third-order valence-electron chi connectivity index (χ3n) is 5.64. The minimum Gasteiger partial charge on any atom is -0.497 e. The molecule has 200 valence electrons. The Morgan fingerprint density at radius 2 is 1.68 bits per heavy atom. The second kappa shape index (κ2) is 13.0. The van der Waals surface area contributed by atoms with Crippen molar-refractivity contribution >= 4 is 35.5 Å². The van der Waals surface area contributed by atoms with E-state index < -0.39 is 0 Å². The monoisotopic (exact) mass is 569 g/mol. The summed E-state index contributed by atoms with van der Waals surface area (Å²) in [5, 5.41) is 14.0. The van der Waals surface area contributed by atoms with Crippen molar-refractivity contribution in [3.05, 3.63) is 114 Å². The number of nitrogens with one attached hydrogen (secondary N) is 1. The lowest BCUT2D eigenvalue weighted by molar-refractivity contribution is -0.118. The number of carbonyl (C=O) groups excluding carboxylic acids is 1. The fourth-order valence-corrected chi connectivity index (χ4v) is 4.61. The summed E-state index contributed by atoms with van der Waals surface area (Å²) in [6.45, 7) is 0. The summed E-state index contributed by atoms with van der Waals surface area (Å²) in [5.41, 5.74) is 5.02. The highest BCUT2D eigenvalue weighted by atomic mass is 35.5. The van der Waals surface area contributed by atoms with Crippen molar-refractivity contribution < 1.29 is 14.3 Å². The van der Waals surface area contributed by atoms with E-state index in [0.717, 1.165) is 28.3 Å². The van der Waals surface area contributed by atoms with Gasteiger partial charge in [-0.2, -0.15) is 5.10 Å². The first kappa shape index (κ1) is 27.0. The molecule has 1 heterocycles. The lowest BCUT2D eigenvalue weighted by atomic mass is 10.2. The largest absolute Gasteiger partial charge is 0.497 e. The Morgan fingerprint density at radius 3 is 2.42 bits per heavy atom. The zero-order valence-corrected chi connectivity index (χ0v) is 23.0. The number of para-hydroxylation sites is 1. The molecule has 8 nitrogen and oxygen atoms in total. The van der Waals surface area contributed by atoms with Crippen LogP contribution >= 0.6 is 23.4 Å². The molecule has 0 spiro atoms. The van der Waals surface area contributed by atoms with E-state index in [9.17, 15) is 4.79 Å². The number of halogens is 1. The van der Waals surface area contributed by atoms with E-state index in [1.54, 1.807) is 25.5 Å². The molecule has 1 N–H and O–H groups in total. The van der Waals surface area contributed by atoms with Crippen molar-refractivity contribution in [2.45, 2.75) is 5.16 Å². The van der Waals surface area contributed by atoms with Crippen LogP contribution in [0, 0.1) is 0 Å². The highest BCUT2D eigenvalue weighted by molar-refractivity contribution is 7.99. The van der Waals surface area contributed by atoms with Crippen LogP contribution in [0.2, 0.25) is 5.02 Å². The van der Waals surface area contributed by atoms with Gasteiger partial charge in [0.25, 0.3) is 5.91 Å². The lowest BCUT2D eigenvalue weighted by Gasteiger charge is -2.11. The molecule has 0 saturated heterocycles. The summed E-state index contributed by atoms with van der Waals surface area (Å²) in [6, 6.07) is 31.8. The number of methoxy groups -OCH3 is 1. The summed E-state index contributed by atoms with van der Waals surface area (Å²) < 4.78 is 13.0. The molecular weight excluding hydrogens is 546 g/mol. The molecule has 0 fully saturated rings. The van der Waals surface area contributed by atoms with Gasteiger partial charge in [0.1, 0.15) is 17.2 Å². The number of thioether (sulfide) groups is 1. The van der Waals surface area contributed by atoms with Crippen LogP contribution < -0.4 is 14.9 Å². The molecule has 5 rings (SSSR count). The Morgan fingerprint density at radius 1 is 0.925 bits per heavy atom. The number of nitrogens with zero attached hydrogens (tertiary/aromatic N) is 4. The number of hydrazone groups is 1. The summed E-state index contributed by atoms with van der Waals surface area (Å²) >= 11 is 7.36. The first-order valence-electron chi connectivity index (χ1n) is 12.2. The van der Waals surface area contributed by atoms with Crippen molar-refractivity contribution in [2.75, 3.05) is 12.9 Å². The first-order valence-corrected chi connectivity index (χ1v) is 13.6. The Balaban J connectivity index is 1.25. The Bertz CT molecular complexity index is 1610. The third-order valence-corrected chi connectivity index (χ3v) is 6.82. The van der Waals surface area contributed by atoms with Gasteiger partial charge in [-0.1, -0.05) is 53.7 Å². The van der Waals surface area contributed by atoms with Crippen LogP contribution in [0.5, 0.6) is 17.2 Å². The number of carbonyl (C=O) groups is 1. The van der Waals surface area contributed by atoms with E-state index in [0.29, 0.717) is 21.8 Å². The van der Waals surface area contributed by atoms with Crippen LogP contribution in [-0.4, -0.2) is 39.7 Å².